The first-order valence-corrected chi connectivity index (χ1v) is 8.23. The van der Waals surface area contributed by atoms with E-state index in [-0.39, 0.29) is 0 Å². The van der Waals surface area contributed by atoms with Crippen molar-refractivity contribution in [2.45, 2.75) is 26.3 Å². The highest BCUT2D eigenvalue weighted by Gasteiger charge is 2.14. The molecule has 2 aromatic rings. The smallest absolute Gasteiger partial charge is 0.0371 e. The molecule has 1 atom stereocenters. The summed E-state index contributed by atoms with van der Waals surface area (Å²) in [6, 6.07) is 9.25. The third kappa shape index (κ3) is 3.56. The van der Waals surface area contributed by atoms with Crippen LogP contribution in [-0.2, 0) is 6.42 Å². The lowest BCUT2D eigenvalue weighted by Gasteiger charge is -2.18. The van der Waals surface area contributed by atoms with Crippen molar-refractivity contribution in [1.82, 2.24) is 5.32 Å². The molecule has 0 saturated carbocycles. The van der Waals surface area contributed by atoms with E-state index in [4.69, 9.17) is 0 Å². The Morgan fingerprint density at radius 1 is 1.22 bits per heavy atom. The molecule has 0 amide bonds. The summed E-state index contributed by atoms with van der Waals surface area (Å²) in [5, 5.41) is 8.10. The second-order valence-corrected chi connectivity index (χ2v) is 6.44. The zero-order valence-electron chi connectivity index (χ0n) is 10.7. The van der Waals surface area contributed by atoms with Gasteiger partial charge in [0.25, 0.3) is 0 Å². The van der Waals surface area contributed by atoms with Gasteiger partial charge in [0.2, 0.25) is 0 Å². The highest BCUT2D eigenvalue weighted by Crippen LogP contribution is 2.25. The Bertz CT molecular complexity index is 489. The molecular formula is C15H18INS. The summed E-state index contributed by atoms with van der Waals surface area (Å²) >= 11 is 4.14. The fourth-order valence-electron chi connectivity index (χ4n) is 2.12. The lowest BCUT2D eigenvalue weighted by Crippen LogP contribution is -2.23. The molecular weight excluding hydrogens is 353 g/mol. The number of hydrogen-bond donors (Lipinski definition) is 1. The molecule has 1 aromatic heterocycles. The minimum absolute atomic E-state index is 0.432. The van der Waals surface area contributed by atoms with Gasteiger partial charge in [-0.3, -0.25) is 0 Å². The molecule has 1 aromatic carbocycles. The van der Waals surface area contributed by atoms with Gasteiger partial charge >= 0.3 is 0 Å². The van der Waals surface area contributed by atoms with Crippen molar-refractivity contribution in [1.29, 1.82) is 0 Å². The van der Waals surface area contributed by atoms with Crippen LogP contribution < -0.4 is 5.32 Å². The van der Waals surface area contributed by atoms with Gasteiger partial charge in [-0.05, 0) is 82.1 Å². The number of hydrogen-bond acceptors (Lipinski definition) is 2. The Kier molecular flexibility index (Phi) is 5.21. The summed E-state index contributed by atoms with van der Waals surface area (Å²) in [5.41, 5.74) is 4.24. The van der Waals surface area contributed by atoms with E-state index < -0.39 is 0 Å². The van der Waals surface area contributed by atoms with E-state index in [1.807, 2.05) is 0 Å². The van der Waals surface area contributed by atoms with Gasteiger partial charge in [-0.15, -0.1) is 0 Å². The molecule has 0 saturated heterocycles. The highest BCUT2D eigenvalue weighted by atomic mass is 127. The lowest BCUT2D eigenvalue weighted by molar-refractivity contribution is 0.549. The molecule has 1 heterocycles. The quantitative estimate of drug-likeness (QED) is 0.761. The third-order valence-corrected chi connectivity index (χ3v) is 4.67. The fourth-order valence-corrected chi connectivity index (χ4v) is 3.39. The number of benzene rings is 1. The van der Waals surface area contributed by atoms with Crippen molar-refractivity contribution in [3.63, 3.8) is 0 Å². The van der Waals surface area contributed by atoms with E-state index >= 15 is 0 Å². The van der Waals surface area contributed by atoms with E-state index in [9.17, 15) is 0 Å². The van der Waals surface area contributed by atoms with Gasteiger partial charge in [0.05, 0.1) is 0 Å². The molecule has 1 nitrogen and oxygen atoms in total. The maximum atomic E-state index is 3.59. The first kappa shape index (κ1) is 14.0. The average Bonchev–Trinajstić information content (AvgIpc) is 2.78. The summed E-state index contributed by atoms with van der Waals surface area (Å²) in [5.74, 6) is 0. The van der Waals surface area contributed by atoms with E-state index in [2.05, 4.69) is 76.8 Å². The van der Waals surface area contributed by atoms with Gasteiger partial charge in [0.1, 0.15) is 0 Å². The van der Waals surface area contributed by atoms with Crippen molar-refractivity contribution in [3.05, 3.63) is 55.3 Å². The van der Waals surface area contributed by atoms with Crippen LogP contribution in [0, 0.1) is 10.5 Å². The Morgan fingerprint density at radius 3 is 2.50 bits per heavy atom. The largest absolute Gasteiger partial charge is 0.310 e. The molecule has 3 heteroatoms. The summed E-state index contributed by atoms with van der Waals surface area (Å²) in [6.07, 6.45) is 1.06. The van der Waals surface area contributed by atoms with Gasteiger partial charge < -0.3 is 5.32 Å². The van der Waals surface area contributed by atoms with Crippen molar-refractivity contribution in [3.8, 4) is 0 Å². The normalized spacial score (nSPS) is 12.6. The number of nitrogens with one attached hydrogen (secondary N) is 1. The molecule has 0 aliphatic heterocycles. The predicted molar refractivity (Wildman–Crippen MR) is 88.3 cm³/mol. The standard InChI is InChI=1S/C15H18INS/c1-3-17-15(14-10-18-9-11(14)2)8-12-4-6-13(16)7-5-12/h4-7,9-10,15,17H,3,8H2,1-2H3. The number of rotatable bonds is 5. The molecule has 0 spiro atoms. The predicted octanol–water partition coefficient (Wildman–Crippen LogP) is 4.55. The summed E-state index contributed by atoms with van der Waals surface area (Å²) in [7, 11) is 0. The molecule has 96 valence electrons. The number of thiophene rings is 1. The summed E-state index contributed by atoms with van der Waals surface area (Å²) < 4.78 is 1.29. The minimum atomic E-state index is 0.432. The van der Waals surface area contributed by atoms with Crippen LogP contribution in [0.2, 0.25) is 0 Å². The molecule has 0 aliphatic carbocycles. The van der Waals surface area contributed by atoms with E-state index in [1.54, 1.807) is 11.3 Å². The Morgan fingerprint density at radius 2 is 1.94 bits per heavy atom. The van der Waals surface area contributed by atoms with Crippen LogP contribution in [0.4, 0.5) is 0 Å². The first-order valence-electron chi connectivity index (χ1n) is 6.21. The third-order valence-electron chi connectivity index (χ3n) is 3.07. The maximum Gasteiger partial charge on any atom is 0.0371 e. The molecule has 0 fully saturated rings. The Balaban J connectivity index is 2.16. The topological polar surface area (TPSA) is 12.0 Å². The van der Waals surface area contributed by atoms with Crippen molar-refractivity contribution in [2.24, 2.45) is 0 Å². The molecule has 0 aliphatic rings. The van der Waals surface area contributed by atoms with Crippen molar-refractivity contribution < 1.29 is 0 Å². The number of halogens is 1. The molecule has 1 unspecified atom stereocenters. The SMILES string of the molecule is CCNC(Cc1ccc(I)cc1)c1cscc1C. The Labute approximate surface area is 127 Å². The summed E-state index contributed by atoms with van der Waals surface area (Å²) in [4.78, 5) is 0. The van der Waals surface area contributed by atoms with Crippen LogP contribution >= 0.6 is 33.9 Å². The van der Waals surface area contributed by atoms with Crippen LogP contribution in [0.3, 0.4) is 0 Å². The van der Waals surface area contributed by atoms with Gasteiger partial charge in [-0.25, -0.2) is 0 Å². The van der Waals surface area contributed by atoms with E-state index in [0.717, 1.165) is 13.0 Å². The van der Waals surface area contributed by atoms with E-state index in [0.29, 0.717) is 6.04 Å². The monoisotopic (exact) mass is 371 g/mol. The van der Waals surface area contributed by atoms with Crippen LogP contribution in [0.25, 0.3) is 0 Å². The molecule has 18 heavy (non-hydrogen) atoms. The maximum absolute atomic E-state index is 3.59. The summed E-state index contributed by atoms with van der Waals surface area (Å²) in [6.45, 7) is 5.37. The average molecular weight is 371 g/mol. The zero-order chi connectivity index (χ0) is 13.0. The lowest BCUT2D eigenvalue weighted by atomic mass is 9.98. The van der Waals surface area contributed by atoms with Gasteiger partial charge in [-0.2, -0.15) is 11.3 Å². The Hall–Kier alpha value is -0.390. The molecule has 0 bridgehead atoms. The zero-order valence-corrected chi connectivity index (χ0v) is 13.7. The van der Waals surface area contributed by atoms with Crippen LogP contribution in [0.1, 0.15) is 29.7 Å². The molecule has 2 rings (SSSR count). The first-order chi connectivity index (χ1) is 8.70. The van der Waals surface area contributed by atoms with Crippen LogP contribution in [-0.4, -0.2) is 6.54 Å². The fraction of sp³-hybridized carbons (Fsp3) is 0.333. The number of likely N-dealkylation sites (N-methyl/N-ethyl adjacent to an activating group) is 1. The van der Waals surface area contributed by atoms with Gasteiger partial charge in [-0.1, -0.05) is 19.1 Å². The van der Waals surface area contributed by atoms with Gasteiger partial charge in [0.15, 0.2) is 0 Å². The molecule has 1 N–H and O–H groups in total. The minimum Gasteiger partial charge on any atom is -0.310 e. The number of aryl methyl sites for hydroxylation is 1. The van der Waals surface area contributed by atoms with Crippen molar-refractivity contribution in [2.75, 3.05) is 6.54 Å². The van der Waals surface area contributed by atoms with Crippen LogP contribution in [0.15, 0.2) is 35.0 Å². The highest BCUT2D eigenvalue weighted by molar-refractivity contribution is 14.1. The van der Waals surface area contributed by atoms with Crippen molar-refractivity contribution >= 4 is 33.9 Å². The van der Waals surface area contributed by atoms with Crippen LogP contribution in [0.5, 0.6) is 0 Å². The van der Waals surface area contributed by atoms with Gasteiger partial charge in [0, 0.05) is 9.61 Å². The second-order valence-electron chi connectivity index (χ2n) is 4.45. The molecule has 0 radical (unpaired) electrons. The second kappa shape index (κ2) is 6.68. The van der Waals surface area contributed by atoms with E-state index in [1.165, 1.54) is 20.3 Å².